The van der Waals surface area contributed by atoms with Gasteiger partial charge in [0, 0.05) is 19.2 Å². The van der Waals surface area contributed by atoms with E-state index in [0.717, 1.165) is 6.42 Å². The number of amides is 1. The predicted octanol–water partition coefficient (Wildman–Crippen LogP) is 4.73. The van der Waals surface area contributed by atoms with E-state index in [0.29, 0.717) is 41.6 Å². The van der Waals surface area contributed by atoms with Crippen molar-refractivity contribution in [1.82, 2.24) is 4.90 Å². The number of Topliss-reactive ketones (excluding diaryl/α,β-unsaturated/α-hetero) is 1. The van der Waals surface area contributed by atoms with Crippen LogP contribution in [0.3, 0.4) is 0 Å². The third-order valence-corrected chi connectivity index (χ3v) is 5.62. The minimum atomic E-state index is -0.816. The van der Waals surface area contributed by atoms with Crippen molar-refractivity contribution in [2.75, 3.05) is 33.5 Å². The third kappa shape index (κ3) is 5.99. The van der Waals surface area contributed by atoms with Gasteiger partial charge >= 0.3 is 0 Å². The number of aliphatic hydroxyl groups is 1. The molecule has 0 spiro atoms. The lowest BCUT2D eigenvalue weighted by Gasteiger charge is -2.26. The number of ether oxygens (including phenoxy) is 4. The van der Waals surface area contributed by atoms with Gasteiger partial charge < -0.3 is 29.0 Å². The molecule has 8 heteroatoms. The molecular formula is C28H35NO7. The molecule has 1 atom stereocenters. The van der Waals surface area contributed by atoms with Gasteiger partial charge in [0.25, 0.3) is 11.7 Å². The fourth-order valence-corrected chi connectivity index (χ4v) is 4.05. The molecule has 1 heterocycles. The number of methoxy groups -OCH3 is 1. The molecule has 0 saturated carbocycles. The molecule has 1 unspecified atom stereocenters. The summed E-state index contributed by atoms with van der Waals surface area (Å²) in [4.78, 5) is 27.6. The zero-order valence-electron chi connectivity index (χ0n) is 21.6. The van der Waals surface area contributed by atoms with Gasteiger partial charge in [-0.1, -0.05) is 13.0 Å². The van der Waals surface area contributed by atoms with Gasteiger partial charge in [0.05, 0.1) is 37.5 Å². The highest BCUT2D eigenvalue weighted by molar-refractivity contribution is 6.46. The topological polar surface area (TPSA) is 94.5 Å². The second kappa shape index (κ2) is 12.4. The lowest BCUT2D eigenvalue weighted by atomic mass is 9.95. The smallest absolute Gasteiger partial charge is 0.295 e. The van der Waals surface area contributed by atoms with Crippen LogP contribution in [0.25, 0.3) is 5.76 Å². The number of carbonyl (C=O) groups excluding carboxylic acids is 2. The molecule has 1 aliphatic heterocycles. The predicted molar refractivity (Wildman–Crippen MR) is 136 cm³/mol. The Hall–Kier alpha value is -3.52. The number of likely N-dealkylation sites (tertiary alicyclic amines) is 1. The summed E-state index contributed by atoms with van der Waals surface area (Å²) in [6.45, 7) is 9.12. The Labute approximate surface area is 212 Å². The standard InChI is InChI=1S/C28H35NO7/c1-6-15-35-21-11-8-19(9-12-21)26(30)24-25(29(14-16-33-5)28(32)27(24)31)20-10-13-22(36-18(3)4)23(17-20)34-7-2/h8-13,17-18,25,30H,6-7,14-16H2,1-5H3/b26-24-. The quantitative estimate of drug-likeness (QED) is 0.257. The van der Waals surface area contributed by atoms with Gasteiger partial charge in [-0.3, -0.25) is 9.59 Å². The van der Waals surface area contributed by atoms with Gasteiger partial charge in [-0.15, -0.1) is 0 Å². The second-order valence-electron chi connectivity index (χ2n) is 8.66. The van der Waals surface area contributed by atoms with Gasteiger partial charge in [-0.25, -0.2) is 0 Å². The van der Waals surface area contributed by atoms with Crippen LogP contribution in [0.5, 0.6) is 17.2 Å². The minimum Gasteiger partial charge on any atom is -0.507 e. The summed E-state index contributed by atoms with van der Waals surface area (Å²) < 4.78 is 22.5. The maximum Gasteiger partial charge on any atom is 0.295 e. The fraction of sp³-hybridized carbons (Fsp3) is 0.429. The Morgan fingerprint density at radius 3 is 2.33 bits per heavy atom. The average molecular weight is 498 g/mol. The van der Waals surface area contributed by atoms with Crippen molar-refractivity contribution in [3.8, 4) is 17.2 Å². The summed E-state index contributed by atoms with van der Waals surface area (Å²) in [6.07, 6.45) is 0.809. The number of hydrogen-bond donors (Lipinski definition) is 1. The van der Waals surface area contributed by atoms with E-state index in [9.17, 15) is 14.7 Å². The van der Waals surface area contributed by atoms with E-state index >= 15 is 0 Å². The highest BCUT2D eigenvalue weighted by Crippen LogP contribution is 2.42. The summed E-state index contributed by atoms with van der Waals surface area (Å²) in [5.41, 5.74) is 1.05. The lowest BCUT2D eigenvalue weighted by Crippen LogP contribution is -2.32. The third-order valence-electron chi connectivity index (χ3n) is 5.62. The van der Waals surface area contributed by atoms with Crippen LogP contribution in [-0.2, 0) is 14.3 Å². The molecule has 1 saturated heterocycles. The zero-order valence-corrected chi connectivity index (χ0v) is 21.6. The Morgan fingerprint density at radius 1 is 1.00 bits per heavy atom. The molecule has 194 valence electrons. The Morgan fingerprint density at radius 2 is 1.72 bits per heavy atom. The van der Waals surface area contributed by atoms with Crippen molar-refractivity contribution in [3.63, 3.8) is 0 Å². The molecule has 1 N–H and O–H groups in total. The first kappa shape index (κ1) is 27.1. The SMILES string of the molecule is CCCOc1ccc(/C(O)=C2/C(=O)C(=O)N(CCOC)C2c2ccc(OC(C)C)c(OCC)c2)cc1. The van der Waals surface area contributed by atoms with Crippen LogP contribution in [0.4, 0.5) is 0 Å². The van der Waals surface area contributed by atoms with Crippen LogP contribution in [0, 0.1) is 0 Å². The van der Waals surface area contributed by atoms with Crippen molar-refractivity contribution >= 4 is 17.4 Å². The van der Waals surface area contributed by atoms with Crippen LogP contribution < -0.4 is 14.2 Å². The van der Waals surface area contributed by atoms with Crippen LogP contribution in [0.2, 0.25) is 0 Å². The number of aliphatic hydroxyl groups excluding tert-OH is 1. The highest BCUT2D eigenvalue weighted by Gasteiger charge is 2.46. The molecule has 1 fully saturated rings. The Bertz CT molecular complexity index is 1090. The fourth-order valence-electron chi connectivity index (χ4n) is 4.05. The van der Waals surface area contributed by atoms with Crippen LogP contribution in [0.15, 0.2) is 48.0 Å². The molecular weight excluding hydrogens is 462 g/mol. The van der Waals surface area contributed by atoms with Gasteiger partial charge in [-0.05, 0) is 69.2 Å². The summed E-state index contributed by atoms with van der Waals surface area (Å²) in [6, 6.07) is 11.3. The van der Waals surface area contributed by atoms with Crippen molar-refractivity contribution < 1.29 is 33.6 Å². The van der Waals surface area contributed by atoms with Crippen LogP contribution in [-0.4, -0.2) is 61.3 Å². The van der Waals surface area contributed by atoms with Crippen molar-refractivity contribution in [2.45, 2.75) is 46.3 Å². The molecule has 1 aliphatic rings. The maximum absolute atomic E-state index is 13.2. The van der Waals surface area contributed by atoms with Gasteiger partial charge in [0.15, 0.2) is 11.5 Å². The van der Waals surface area contributed by atoms with Crippen molar-refractivity contribution in [2.24, 2.45) is 0 Å². The summed E-state index contributed by atoms with van der Waals surface area (Å²) in [7, 11) is 1.53. The Balaban J connectivity index is 2.11. The average Bonchev–Trinajstić information content (AvgIpc) is 3.11. The van der Waals surface area contributed by atoms with Crippen molar-refractivity contribution in [1.29, 1.82) is 0 Å². The first-order chi connectivity index (χ1) is 17.3. The monoisotopic (exact) mass is 497 g/mol. The molecule has 0 bridgehead atoms. The number of hydrogen-bond acceptors (Lipinski definition) is 7. The van der Waals surface area contributed by atoms with E-state index in [1.54, 1.807) is 42.5 Å². The van der Waals surface area contributed by atoms with E-state index in [1.807, 2.05) is 27.7 Å². The molecule has 1 amide bonds. The van der Waals surface area contributed by atoms with E-state index < -0.39 is 17.7 Å². The van der Waals surface area contributed by atoms with Crippen LogP contribution >= 0.6 is 0 Å². The molecule has 2 aromatic rings. The number of benzene rings is 2. The molecule has 0 aliphatic carbocycles. The number of ketones is 1. The molecule has 8 nitrogen and oxygen atoms in total. The molecule has 2 aromatic carbocycles. The van der Waals surface area contributed by atoms with Gasteiger partial charge in [0.1, 0.15) is 11.5 Å². The van der Waals surface area contributed by atoms with Gasteiger partial charge in [-0.2, -0.15) is 0 Å². The minimum absolute atomic E-state index is 0.0123. The summed E-state index contributed by atoms with van der Waals surface area (Å²) >= 11 is 0. The van der Waals surface area contributed by atoms with E-state index in [2.05, 4.69) is 0 Å². The Kier molecular flexibility index (Phi) is 9.36. The lowest BCUT2D eigenvalue weighted by molar-refractivity contribution is -0.140. The summed E-state index contributed by atoms with van der Waals surface area (Å²) in [5.74, 6) is 0.0290. The highest BCUT2D eigenvalue weighted by atomic mass is 16.5. The van der Waals surface area contributed by atoms with E-state index in [4.69, 9.17) is 18.9 Å². The molecule has 3 rings (SSSR count). The number of rotatable bonds is 12. The first-order valence-electron chi connectivity index (χ1n) is 12.3. The van der Waals surface area contributed by atoms with Gasteiger partial charge in [0.2, 0.25) is 0 Å². The number of carbonyl (C=O) groups is 2. The van der Waals surface area contributed by atoms with E-state index in [1.165, 1.54) is 12.0 Å². The molecule has 36 heavy (non-hydrogen) atoms. The molecule has 0 radical (unpaired) electrons. The normalized spacial score (nSPS) is 17.1. The van der Waals surface area contributed by atoms with E-state index in [-0.39, 0.29) is 30.6 Å². The summed E-state index contributed by atoms with van der Waals surface area (Å²) in [5, 5.41) is 11.2. The first-order valence-corrected chi connectivity index (χ1v) is 12.3. The number of nitrogens with zero attached hydrogens (tertiary/aromatic N) is 1. The second-order valence-corrected chi connectivity index (χ2v) is 8.66. The van der Waals surface area contributed by atoms with Crippen molar-refractivity contribution in [3.05, 3.63) is 59.2 Å². The molecule has 0 aromatic heterocycles. The maximum atomic E-state index is 13.2. The zero-order chi connectivity index (χ0) is 26.2. The van der Waals surface area contributed by atoms with Crippen LogP contribution in [0.1, 0.15) is 51.3 Å². The largest absolute Gasteiger partial charge is 0.507 e.